The summed E-state index contributed by atoms with van der Waals surface area (Å²) >= 11 is 0. The maximum Gasteiger partial charge on any atom is 0.271 e. The number of nitrogens with zero attached hydrogens (tertiary/aromatic N) is 5. The van der Waals surface area contributed by atoms with E-state index in [9.17, 15) is 4.79 Å². The molecule has 0 atom stereocenters. The Bertz CT molecular complexity index is 850. The highest BCUT2D eigenvalue weighted by molar-refractivity contribution is 5.92. The normalized spacial score (nSPS) is 11.0. The summed E-state index contributed by atoms with van der Waals surface area (Å²) in [6.07, 6.45) is 6.61. The molecular formula is C17H20N6O2. The molecule has 1 N–H and O–H groups in total. The average molecular weight is 340 g/mol. The van der Waals surface area contributed by atoms with Crippen LogP contribution in [0.4, 0.5) is 0 Å². The van der Waals surface area contributed by atoms with Gasteiger partial charge in [0.25, 0.3) is 11.8 Å². The van der Waals surface area contributed by atoms with Crippen LogP contribution in [-0.2, 0) is 6.42 Å². The Morgan fingerprint density at radius 1 is 1.32 bits per heavy atom. The standard InChI is InChI=1S/C17H20N6O2/c1-4-5-14-21-17(25-22-14)12-6-7-15(18-8-12)23-9-13(19-10-23)16(24)20-11(2)3/h6-11H,4-5H2,1-3H3,(H,20,24). The van der Waals surface area contributed by atoms with E-state index in [0.29, 0.717) is 23.2 Å². The number of carbonyl (C=O) groups is 1. The molecule has 0 radical (unpaired) electrons. The van der Waals surface area contributed by atoms with Crippen LogP contribution >= 0.6 is 0 Å². The van der Waals surface area contributed by atoms with Gasteiger partial charge in [0.1, 0.15) is 17.8 Å². The molecule has 8 nitrogen and oxygen atoms in total. The first-order valence-electron chi connectivity index (χ1n) is 8.21. The van der Waals surface area contributed by atoms with Crippen LogP contribution in [0.2, 0.25) is 0 Å². The van der Waals surface area contributed by atoms with Crippen LogP contribution in [0.5, 0.6) is 0 Å². The number of imidazole rings is 1. The second-order valence-electron chi connectivity index (χ2n) is 5.97. The zero-order valence-corrected chi connectivity index (χ0v) is 14.4. The number of aromatic nitrogens is 5. The van der Waals surface area contributed by atoms with Crippen molar-refractivity contribution in [3.63, 3.8) is 0 Å². The quantitative estimate of drug-likeness (QED) is 0.740. The van der Waals surface area contributed by atoms with Gasteiger partial charge < -0.3 is 9.84 Å². The zero-order valence-electron chi connectivity index (χ0n) is 14.4. The van der Waals surface area contributed by atoms with E-state index in [1.807, 2.05) is 26.0 Å². The summed E-state index contributed by atoms with van der Waals surface area (Å²) in [5, 5.41) is 6.74. The molecule has 0 unspecified atom stereocenters. The number of hydrogen-bond acceptors (Lipinski definition) is 6. The third-order valence-corrected chi connectivity index (χ3v) is 3.44. The van der Waals surface area contributed by atoms with E-state index < -0.39 is 0 Å². The molecule has 3 aromatic rings. The van der Waals surface area contributed by atoms with Crippen LogP contribution in [0.25, 0.3) is 17.3 Å². The molecule has 1 amide bonds. The minimum Gasteiger partial charge on any atom is -0.348 e. The summed E-state index contributed by atoms with van der Waals surface area (Å²) in [7, 11) is 0. The van der Waals surface area contributed by atoms with E-state index in [0.717, 1.165) is 18.4 Å². The molecule has 25 heavy (non-hydrogen) atoms. The van der Waals surface area contributed by atoms with Crippen molar-refractivity contribution in [2.75, 3.05) is 0 Å². The summed E-state index contributed by atoms with van der Waals surface area (Å²) in [6, 6.07) is 3.71. The minimum absolute atomic E-state index is 0.0575. The lowest BCUT2D eigenvalue weighted by Crippen LogP contribution is -2.30. The van der Waals surface area contributed by atoms with Crippen molar-refractivity contribution in [3.8, 4) is 17.3 Å². The van der Waals surface area contributed by atoms with Crippen molar-refractivity contribution in [1.29, 1.82) is 0 Å². The highest BCUT2D eigenvalue weighted by Gasteiger charge is 2.12. The highest BCUT2D eigenvalue weighted by atomic mass is 16.5. The molecule has 0 bridgehead atoms. The van der Waals surface area contributed by atoms with Gasteiger partial charge in [-0.05, 0) is 32.4 Å². The summed E-state index contributed by atoms with van der Waals surface area (Å²) in [5.41, 5.74) is 1.09. The van der Waals surface area contributed by atoms with Crippen LogP contribution in [-0.4, -0.2) is 36.6 Å². The summed E-state index contributed by atoms with van der Waals surface area (Å²) in [4.78, 5) is 24.8. The second-order valence-corrected chi connectivity index (χ2v) is 5.97. The second kappa shape index (κ2) is 7.25. The highest BCUT2D eigenvalue weighted by Crippen LogP contribution is 2.18. The molecular weight excluding hydrogens is 320 g/mol. The van der Waals surface area contributed by atoms with E-state index in [1.165, 1.54) is 0 Å². The maximum atomic E-state index is 12.0. The number of pyridine rings is 1. The van der Waals surface area contributed by atoms with Gasteiger partial charge in [-0.25, -0.2) is 9.97 Å². The largest absolute Gasteiger partial charge is 0.348 e. The summed E-state index contributed by atoms with van der Waals surface area (Å²) in [5.74, 6) is 1.58. The van der Waals surface area contributed by atoms with Crippen molar-refractivity contribution < 1.29 is 9.32 Å². The number of carbonyl (C=O) groups excluding carboxylic acids is 1. The molecule has 3 heterocycles. The Kier molecular flexibility index (Phi) is 4.87. The Labute approximate surface area is 145 Å². The third-order valence-electron chi connectivity index (χ3n) is 3.44. The van der Waals surface area contributed by atoms with Crippen LogP contribution in [0.15, 0.2) is 35.4 Å². The minimum atomic E-state index is -0.209. The Morgan fingerprint density at radius 3 is 2.84 bits per heavy atom. The smallest absolute Gasteiger partial charge is 0.271 e. The molecule has 0 aliphatic heterocycles. The van der Waals surface area contributed by atoms with E-state index in [-0.39, 0.29) is 11.9 Å². The van der Waals surface area contributed by atoms with Gasteiger partial charge in [-0.15, -0.1) is 0 Å². The number of aryl methyl sites for hydroxylation is 1. The fraction of sp³-hybridized carbons (Fsp3) is 0.353. The van der Waals surface area contributed by atoms with Gasteiger partial charge in [-0.2, -0.15) is 4.98 Å². The first-order valence-corrected chi connectivity index (χ1v) is 8.21. The van der Waals surface area contributed by atoms with E-state index in [1.54, 1.807) is 23.3 Å². The number of hydrogen-bond donors (Lipinski definition) is 1. The predicted octanol–water partition coefficient (Wildman–Crippen LogP) is 2.41. The van der Waals surface area contributed by atoms with Gasteiger partial charge in [0, 0.05) is 24.9 Å². The third kappa shape index (κ3) is 3.90. The SMILES string of the molecule is CCCc1noc(-c2ccc(-n3cnc(C(=O)NC(C)C)c3)nc2)n1. The van der Waals surface area contributed by atoms with Crippen molar-refractivity contribution in [2.45, 2.75) is 39.7 Å². The van der Waals surface area contributed by atoms with Gasteiger partial charge in [0.15, 0.2) is 5.82 Å². The molecule has 0 fully saturated rings. The summed E-state index contributed by atoms with van der Waals surface area (Å²) < 4.78 is 6.94. The molecule has 3 aromatic heterocycles. The van der Waals surface area contributed by atoms with Gasteiger partial charge in [-0.3, -0.25) is 9.36 Å². The zero-order chi connectivity index (χ0) is 17.8. The lowest BCUT2D eigenvalue weighted by molar-refractivity contribution is 0.0938. The molecule has 0 aromatic carbocycles. The molecule has 0 saturated carbocycles. The van der Waals surface area contributed by atoms with Gasteiger partial charge in [-0.1, -0.05) is 12.1 Å². The molecule has 130 valence electrons. The van der Waals surface area contributed by atoms with Gasteiger partial charge in [0.2, 0.25) is 0 Å². The Balaban J connectivity index is 1.76. The first kappa shape index (κ1) is 16.8. The van der Waals surface area contributed by atoms with Crippen LogP contribution in [0, 0.1) is 0 Å². The lowest BCUT2D eigenvalue weighted by Gasteiger charge is -2.05. The summed E-state index contributed by atoms with van der Waals surface area (Å²) in [6.45, 7) is 5.87. The van der Waals surface area contributed by atoms with E-state index in [2.05, 4.69) is 32.3 Å². The van der Waals surface area contributed by atoms with Crippen LogP contribution < -0.4 is 5.32 Å². The number of nitrogens with one attached hydrogen (secondary N) is 1. The van der Waals surface area contributed by atoms with E-state index >= 15 is 0 Å². The number of rotatable bonds is 6. The van der Waals surface area contributed by atoms with Crippen molar-refractivity contribution in [2.24, 2.45) is 0 Å². The molecule has 0 aliphatic carbocycles. The van der Waals surface area contributed by atoms with Crippen molar-refractivity contribution in [1.82, 2.24) is 30.0 Å². The topological polar surface area (TPSA) is 98.7 Å². The van der Waals surface area contributed by atoms with Gasteiger partial charge >= 0.3 is 0 Å². The molecule has 3 rings (SSSR count). The van der Waals surface area contributed by atoms with Crippen LogP contribution in [0.1, 0.15) is 43.5 Å². The maximum absolute atomic E-state index is 12.0. The Hall–Kier alpha value is -3.03. The van der Waals surface area contributed by atoms with Crippen LogP contribution in [0.3, 0.4) is 0 Å². The molecule has 0 spiro atoms. The van der Waals surface area contributed by atoms with E-state index in [4.69, 9.17) is 4.52 Å². The molecule has 0 aliphatic rings. The first-order chi connectivity index (χ1) is 12.1. The number of amides is 1. The molecule has 8 heteroatoms. The predicted molar refractivity (Wildman–Crippen MR) is 91.2 cm³/mol. The van der Waals surface area contributed by atoms with Crippen molar-refractivity contribution in [3.05, 3.63) is 42.4 Å². The monoisotopic (exact) mass is 340 g/mol. The average Bonchev–Trinajstić information content (AvgIpc) is 3.24. The lowest BCUT2D eigenvalue weighted by atomic mass is 10.3. The van der Waals surface area contributed by atoms with Crippen molar-refractivity contribution >= 4 is 5.91 Å². The Morgan fingerprint density at radius 2 is 2.16 bits per heavy atom. The molecule has 0 saturated heterocycles. The fourth-order valence-electron chi connectivity index (χ4n) is 2.26. The van der Waals surface area contributed by atoms with Gasteiger partial charge in [0.05, 0.1) is 5.56 Å². The fourth-order valence-corrected chi connectivity index (χ4v) is 2.26.